The summed E-state index contributed by atoms with van der Waals surface area (Å²) in [6, 6.07) is 3.55. The van der Waals surface area contributed by atoms with Crippen molar-refractivity contribution in [3.05, 3.63) is 23.8 Å². The summed E-state index contributed by atoms with van der Waals surface area (Å²) in [7, 11) is -2.36. The molecule has 0 aromatic heterocycles. The van der Waals surface area contributed by atoms with Gasteiger partial charge in [0.2, 0.25) is 10.0 Å². The summed E-state index contributed by atoms with van der Waals surface area (Å²) in [5.41, 5.74) is 0.270. The Kier molecular flexibility index (Phi) is 8.84. The van der Waals surface area contributed by atoms with Gasteiger partial charge in [0.05, 0.1) is 17.1 Å². The van der Waals surface area contributed by atoms with Crippen molar-refractivity contribution in [1.82, 2.24) is 4.72 Å². The Labute approximate surface area is 148 Å². The number of carboxylic acid groups (broad SMARTS) is 1. The van der Waals surface area contributed by atoms with Crippen LogP contribution < -0.4 is 10.0 Å². The van der Waals surface area contributed by atoms with Crippen molar-refractivity contribution in [3.8, 4) is 0 Å². The first-order valence-electron chi connectivity index (χ1n) is 8.02. The molecule has 0 aliphatic rings. The van der Waals surface area contributed by atoms with Crippen LogP contribution in [0, 0.1) is 0 Å². The summed E-state index contributed by atoms with van der Waals surface area (Å²) in [4.78, 5) is 11.4. The van der Waals surface area contributed by atoms with Crippen LogP contribution in [0.25, 0.3) is 0 Å². The van der Waals surface area contributed by atoms with Crippen LogP contribution in [0.1, 0.15) is 30.6 Å². The summed E-state index contributed by atoms with van der Waals surface area (Å²) in [6.45, 7) is 5.49. The molecule has 0 fully saturated rings. The Balaban J connectivity index is 2.91. The van der Waals surface area contributed by atoms with Crippen LogP contribution in [0.3, 0.4) is 0 Å². The van der Waals surface area contributed by atoms with Crippen LogP contribution in [-0.4, -0.2) is 59.0 Å². The van der Waals surface area contributed by atoms with Gasteiger partial charge in [0.25, 0.3) is 0 Å². The Bertz CT molecular complexity index is 663. The molecule has 0 bridgehead atoms. The minimum absolute atomic E-state index is 0.0984. The number of methoxy groups -OCH3 is 1. The molecule has 0 spiro atoms. The molecular weight excluding hydrogens is 348 g/mol. The van der Waals surface area contributed by atoms with E-state index in [-0.39, 0.29) is 17.1 Å². The second-order valence-corrected chi connectivity index (χ2v) is 7.18. The molecule has 0 aliphatic heterocycles. The van der Waals surface area contributed by atoms with Crippen molar-refractivity contribution >= 4 is 21.7 Å². The maximum atomic E-state index is 12.3. The van der Waals surface area contributed by atoms with Crippen molar-refractivity contribution in [3.63, 3.8) is 0 Å². The van der Waals surface area contributed by atoms with E-state index in [0.29, 0.717) is 31.9 Å². The zero-order chi connectivity index (χ0) is 18.9. The molecule has 0 heterocycles. The molecule has 0 radical (unpaired) electrons. The van der Waals surface area contributed by atoms with Crippen molar-refractivity contribution in [2.75, 3.05) is 38.8 Å². The van der Waals surface area contributed by atoms with Crippen LogP contribution in [0.15, 0.2) is 23.1 Å². The molecule has 0 unspecified atom stereocenters. The number of benzene rings is 1. The van der Waals surface area contributed by atoms with Crippen LogP contribution in [0.2, 0.25) is 0 Å². The van der Waals surface area contributed by atoms with E-state index in [4.69, 9.17) is 9.47 Å². The molecule has 1 rings (SSSR count). The lowest BCUT2D eigenvalue weighted by molar-refractivity contribution is 0.0697. The molecule has 0 aliphatic carbocycles. The van der Waals surface area contributed by atoms with Gasteiger partial charge in [-0.1, -0.05) is 0 Å². The minimum atomic E-state index is -3.83. The van der Waals surface area contributed by atoms with E-state index in [1.807, 2.05) is 6.92 Å². The monoisotopic (exact) mass is 374 g/mol. The second-order valence-electron chi connectivity index (χ2n) is 5.47. The normalized spacial score (nSPS) is 12.8. The van der Waals surface area contributed by atoms with Gasteiger partial charge in [-0.05, 0) is 38.5 Å². The van der Waals surface area contributed by atoms with Gasteiger partial charge in [0.15, 0.2) is 0 Å². The average molecular weight is 374 g/mol. The van der Waals surface area contributed by atoms with Crippen LogP contribution >= 0.6 is 0 Å². The van der Waals surface area contributed by atoms with E-state index in [1.165, 1.54) is 19.2 Å². The summed E-state index contributed by atoms with van der Waals surface area (Å²) in [5.74, 6) is -1.20. The Morgan fingerprint density at radius 2 is 2.08 bits per heavy atom. The standard InChI is InChI=1S/C16H26N2O6S/c1-4-24-9-5-8-17-15-7-6-13(10-14(15)16(19)20)25(21,22)18-12(2)11-23-3/h6-7,10,12,17-18H,4-5,8-9,11H2,1-3H3,(H,19,20)/t12-/m1/s1. The van der Waals surface area contributed by atoms with E-state index in [1.54, 1.807) is 6.92 Å². The highest BCUT2D eigenvalue weighted by Crippen LogP contribution is 2.21. The van der Waals surface area contributed by atoms with E-state index in [9.17, 15) is 18.3 Å². The van der Waals surface area contributed by atoms with E-state index in [0.717, 1.165) is 6.07 Å². The summed E-state index contributed by atoms with van der Waals surface area (Å²) in [6.07, 6.45) is 0.711. The number of rotatable bonds is 12. The van der Waals surface area contributed by atoms with Crippen molar-refractivity contribution in [1.29, 1.82) is 0 Å². The van der Waals surface area contributed by atoms with E-state index >= 15 is 0 Å². The van der Waals surface area contributed by atoms with Gasteiger partial charge < -0.3 is 19.9 Å². The highest BCUT2D eigenvalue weighted by atomic mass is 32.2. The van der Waals surface area contributed by atoms with Gasteiger partial charge in [-0.15, -0.1) is 0 Å². The first-order chi connectivity index (χ1) is 11.8. The third-order valence-corrected chi connectivity index (χ3v) is 4.88. The molecule has 0 amide bonds. The molecule has 0 saturated carbocycles. The number of ether oxygens (including phenoxy) is 2. The largest absolute Gasteiger partial charge is 0.478 e. The molecule has 142 valence electrons. The predicted octanol–water partition coefficient (Wildman–Crippen LogP) is 1.54. The highest BCUT2D eigenvalue weighted by molar-refractivity contribution is 7.89. The number of anilines is 1. The first-order valence-corrected chi connectivity index (χ1v) is 9.50. The molecule has 0 saturated heterocycles. The van der Waals surface area contributed by atoms with E-state index in [2.05, 4.69) is 10.0 Å². The van der Waals surface area contributed by atoms with Gasteiger partial charge in [-0.25, -0.2) is 17.9 Å². The maximum Gasteiger partial charge on any atom is 0.337 e. The topological polar surface area (TPSA) is 114 Å². The van der Waals surface area contributed by atoms with Crippen LogP contribution in [-0.2, 0) is 19.5 Å². The second kappa shape index (κ2) is 10.3. The van der Waals surface area contributed by atoms with Gasteiger partial charge in [-0.2, -0.15) is 0 Å². The molecule has 1 aromatic rings. The average Bonchev–Trinajstić information content (AvgIpc) is 2.54. The SMILES string of the molecule is CCOCCCNc1ccc(S(=O)(=O)N[C@H](C)COC)cc1C(=O)O. The Hall–Kier alpha value is -1.68. The van der Waals surface area contributed by atoms with Crippen LogP contribution in [0.4, 0.5) is 5.69 Å². The van der Waals surface area contributed by atoms with Crippen LogP contribution in [0.5, 0.6) is 0 Å². The maximum absolute atomic E-state index is 12.3. The van der Waals surface area contributed by atoms with E-state index < -0.39 is 22.0 Å². The molecule has 8 nitrogen and oxygen atoms in total. The Morgan fingerprint density at radius 1 is 1.36 bits per heavy atom. The fourth-order valence-corrected chi connectivity index (χ4v) is 3.43. The first kappa shape index (κ1) is 21.4. The smallest absolute Gasteiger partial charge is 0.337 e. The lowest BCUT2D eigenvalue weighted by Crippen LogP contribution is -2.35. The minimum Gasteiger partial charge on any atom is -0.478 e. The lowest BCUT2D eigenvalue weighted by Gasteiger charge is -2.15. The molecule has 1 atom stereocenters. The van der Waals surface area contributed by atoms with Gasteiger partial charge >= 0.3 is 5.97 Å². The van der Waals surface area contributed by atoms with Gasteiger partial charge in [0.1, 0.15) is 0 Å². The number of aromatic carboxylic acids is 1. The van der Waals surface area contributed by atoms with Crippen molar-refractivity contribution in [2.45, 2.75) is 31.2 Å². The molecule has 25 heavy (non-hydrogen) atoms. The summed E-state index contributed by atoms with van der Waals surface area (Å²) >= 11 is 0. The molecular formula is C16H26N2O6S. The Morgan fingerprint density at radius 3 is 2.68 bits per heavy atom. The molecule has 9 heteroatoms. The summed E-state index contributed by atoms with van der Waals surface area (Å²) < 4.78 is 37.2. The quantitative estimate of drug-likeness (QED) is 0.475. The third-order valence-electron chi connectivity index (χ3n) is 3.29. The van der Waals surface area contributed by atoms with Gasteiger partial charge in [0, 0.05) is 38.6 Å². The van der Waals surface area contributed by atoms with Crippen molar-refractivity contribution in [2.24, 2.45) is 0 Å². The highest BCUT2D eigenvalue weighted by Gasteiger charge is 2.20. The fourth-order valence-electron chi connectivity index (χ4n) is 2.18. The van der Waals surface area contributed by atoms with Crippen molar-refractivity contribution < 1.29 is 27.8 Å². The third kappa shape index (κ3) is 6.99. The zero-order valence-electron chi connectivity index (χ0n) is 14.7. The van der Waals surface area contributed by atoms with Gasteiger partial charge in [-0.3, -0.25) is 0 Å². The zero-order valence-corrected chi connectivity index (χ0v) is 15.6. The number of sulfonamides is 1. The fraction of sp³-hybridized carbons (Fsp3) is 0.562. The predicted molar refractivity (Wildman–Crippen MR) is 94.7 cm³/mol. The lowest BCUT2D eigenvalue weighted by atomic mass is 10.2. The number of hydrogen-bond donors (Lipinski definition) is 3. The number of hydrogen-bond acceptors (Lipinski definition) is 6. The number of nitrogens with one attached hydrogen (secondary N) is 2. The molecule has 1 aromatic carbocycles. The number of carboxylic acids is 1. The molecule has 3 N–H and O–H groups in total. The number of carbonyl (C=O) groups is 1. The summed E-state index contributed by atoms with van der Waals surface area (Å²) in [5, 5.41) is 12.4.